The molecule has 5 heteroatoms. The predicted molar refractivity (Wildman–Crippen MR) is 230 cm³/mol. The number of nitrogens with zero attached hydrogens (tertiary/aromatic N) is 1. The number of benzene rings is 5. The van der Waals surface area contributed by atoms with Gasteiger partial charge in [0.25, 0.3) is 0 Å². The predicted octanol–water partition coefficient (Wildman–Crippen LogP) is 12.1. The number of rotatable bonds is 8. The minimum atomic E-state index is -0.875. The molecule has 0 amide bonds. The van der Waals surface area contributed by atoms with E-state index in [4.69, 9.17) is 14.2 Å². The molecule has 5 aromatic rings. The van der Waals surface area contributed by atoms with Gasteiger partial charge in [-0.15, -0.1) is 0 Å². The molecule has 57 heavy (non-hydrogen) atoms. The van der Waals surface area contributed by atoms with Crippen molar-refractivity contribution in [3.05, 3.63) is 144 Å². The van der Waals surface area contributed by atoms with E-state index in [9.17, 15) is 4.79 Å². The summed E-state index contributed by atoms with van der Waals surface area (Å²) >= 11 is 0. The Labute approximate surface area is 337 Å². The topological polar surface area (TPSA) is 48.0 Å². The zero-order valence-electron chi connectivity index (χ0n) is 33.1. The number of esters is 1. The van der Waals surface area contributed by atoms with Gasteiger partial charge in [0.15, 0.2) is 5.60 Å². The smallest absolute Gasteiger partial charge is 0.330 e. The summed E-state index contributed by atoms with van der Waals surface area (Å²) in [6.07, 6.45) is 21.6. The number of ether oxygens (including phenoxy) is 3. The average Bonchev–Trinajstić information content (AvgIpc) is 3.57. The fraction of sp³-hybridized carbons (Fsp3) is 0.365. The van der Waals surface area contributed by atoms with Gasteiger partial charge in [-0.2, -0.15) is 0 Å². The standard InChI is InChI=1S/C52H53NO4/c1-2-46(54)56-36-35-55-40-23-19-38(20-24-40)52(37-17-21-39(22-18-37)53-33-11-4-12-34-53)28-25-44-48-47(41-13-5-6-14-42(41)49(44)57-52)43-15-7-8-16-45(43)51(48)31-29-50(30-32-51)26-9-3-10-27-50/h2,5-8,13-25,28H,1,3-4,9-12,26-27,29-36H2. The Morgan fingerprint density at radius 1 is 0.719 bits per heavy atom. The fourth-order valence-electron chi connectivity index (χ4n) is 11.4. The Balaban J connectivity index is 1.09. The van der Waals surface area contributed by atoms with Gasteiger partial charge in [0.05, 0.1) is 0 Å². The summed E-state index contributed by atoms with van der Waals surface area (Å²) in [4.78, 5) is 14.1. The van der Waals surface area contributed by atoms with Gasteiger partial charge in [0, 0.05) is 52.3 Å². The number of hydrogen-bond donors (Lipinski definition) is 0. The largest absolute Gasteiger partial charge is 0.490 e. The Hall–Kier alpha value is -5.29. The minimum absolute atomic E-state index is 0.0362. The zero-order chi connectivity index (χ0) is 38.5. The fourth-order valence-corrected chi connectivity index (χ4v) is 11.4. The van der Waals surface area contributed by atoms with E-state index in [1.165, 1.54) is 122 Å². The van der Waals surface area contributed by atoms with Gasteiger partial charge >= 0.3 is 5.97 Å². The van der Waals surface area contributed by atoms with Crippen LogP contribution in [0.2, 0.25) is 0 Å². The molecule has 2 aliphatic heterocycles. The highest BCUT2D eigenvalue weighted by atomic mass is 16.6. The maximum absolute atomic E-state index is 11.5. The first kappa shape index (κ1) is 36.1. The van der Waals surface area contributed by atoms with Crippen LogP contribution in [0.3, 0.4) is 0 Å². The molecule has 0 radical (unpaired) electrons. The van der Waals surface area contributed by atoms with E-state index in [1.54, 1.807) is 0 Å². The van der Waals surface area contributed by atoms with Crippen LogP contribution < -0.4 is 14.4 Å². The Morgan fingerprint density at radius 2 is 1.39 bits per heavy atom. The lowest BCUT2D eigenvalue weighted by Gasteiger charge is -2.48. The molecule has 5 aromatic carbocycles. The normalized spacial score (nSPS) is 21.4. The van der Waals surface area contributed by atoms with Crippen LogP contribution >= 0.6 is 0 Å². The highest BCUT2D eigenvalue weighted by molar-refractivity contribution is 6.08. The monoisotopic (exact) mass is 755 g/mol. The van der Waals surface area contributed by atoms with E-state index in [0.717, 1.165) is 35.4 Å². The Kier molecular flexibility index (Phi) is 9.23. The molecule has 5 nitrogen and oxygen atoms in total. The molecule has 10 rings (SSSR count). The van der Waals surface area contributed by atoms with E-state index in [2.05, 4.69) is 109 Å². The van der Waals surface area contributed by atoms with Crippen molar-refractivity contribution < 1.29 is 19.0 Å². The van der Waals surface area contributed by atoms with Crippen LogP contribution in [0, 0.1) is 5.41 Å². The van der Waals surface area contributed by atoms with Gasteiger partial charge in [-0.25, -0.2) is 4.79 Å². The summed E-state index contributed by atoms with van der Waals surface area (Å²) < 4.78 is 18.9. The van der Waals surface area contributed by atoms with E-state index >= 15 is 0 Å². The number of anilines is 1. The SMILES string of the molecule is C=CC(=O)OCCOc1ccc(C2(c3ccc(N4CCCCC4)cc3)C=Cc3c4c(c5ccccc5c3O2)-c2ccccc2C42CCC3(CCCCC3)CC2)cc1. The van der Waals surface area contributed by atoms with Gasteiger partial charge in [-0.3, -0.25) is 0 Å². The van der Waals surface area contributed by atoms with Crippen molar-refractivity contribution in [3.63, 3.8) is 0 Å². The third kappa shape index (κ3) is 6.08. The third-order valence-electron chi connectivity index (χ3n) is 14.3. The first-order valence-corrected chi connectivity index (χ1v) is 21.5. The van der Waals surface area contributed by atoms with Crippen LogP contribution in [0.15, 0.2) is 116 Å². The van der Waals surface area contributed by atoms with Gasteiger partial charge in [0.1, 0.15) is 24.7 Å². The lowest BCUT2D eigenvalue weighted by atomic mass is 9.56. The first-order chi connectivity index (χ1) is 28.0. The van der Waals surface area contributed by atoms with Crippen LogP contribution in [-0.2, 0) is 20.5 Å². The van der Waals surface area contributed by atoms with E-state index in [1.807, 2.05) is 12.1 Å². The summed E-state index contributed by atoms with van der Waals surface area (Å²) in [6.45, 7) is 6.09. The maximum Gasteiger partial charge on any atom is 0.330 e. The second kappa shape index (κ2) is 14.6. The van der Waals surface area contributed by atoms with Crippen molar-refractivity contribution in [2.45, 2.75) is 88.1 Å². The molecular weight excluding hydrogens is 703 g/mol. The van der Waals surface area contributed by atoms with Crippen molar-refractivity contribution in [3.8, 4) is 22.6 Å². The summed E-state index contributed by atoms with van der Waals surface area (Å²) in [5.74, 6) is 1.23. The highest BCUT2D eigenvalue weighted by Gasteiger charge is 2.52. The molecule has 2 saturated carbocycles. The maximum atomic E-state index is 11.5. The van der Waals surface area contributed by atoms with Crippen molar-refractivity contribution in [2.75, 3.05) is 31.2 Å². The van der Waals surface area contributed by atoms with Gasteiger partial charge in [-0.05, 0) is 121 Å². The molecule has 0 bridgehead atoms. The van der Waals surface area contributed by atoms with Crippen molar-refractivity contribution in [2.24, 2.45) is 5.41 Å². The first-order valence-electron chi connectivity index (χ1n) is 21.5. The van der Waals surface area contributed by atoms with E-state index in [-0.39, 0.29) is 18.6 Å². The summed E-state index contributed by atoms with van der Waals surface area (Å²) in [5, 5.41) is 2.43. The highest BCUT2D eigenvalue weighted by Crippen LogP contribution is 2.65. The lowest BCUT2D eigenvalue weighted by molar-refractivity contribution is -0.138. The zero-order valence-corrected chi connectivity index (χ0v) is 33.1. The molecule has 1 atom stereocenters. The van der Waals surface area contributed by atoms with Gasteiger partial charge in [-0.1, -0.05) is 105 Å². The molecule has 0 aromatic heterocycles. The number of carbonyl (C=O) groups excluding carboxylic acids is 1. The van der Waals surface area contributed by atoms with Crippen LogP contribution in [0.1, 0.15) is 105 Å². The van der Waals surface area contributed by atoms with Gasteiger partial charge < -0.3 is 19.1 Å². The average molecular weight is 756 g/mol. The Bertz CT molecular complexity index is 2340. The van der Waals surface area contributed by atoms with Crippen molar-refractivity contribution in [1.82, 2.24) is 0 Å². The summed E-state index contributed by atoms with van der Waals surface area (Å²) in [7, 11) is 0. The molecule has 1 unspecified atom stereocenters. The summed E-state index contributed by atoms with van der Waals surface area (Å²) in [5.41, 5.74) is 10.0. The third-order valence-corrected chi connectivity index (χ3v) is 14.3. The van der Waals surface area contributed by atoms with Crippen LogP contribution in [0.25, 0.3) is 28.0 Å². The second-order valence-electron chi connectivity index (χ2n) is 17.2. The molecule has 2 heterocycles. The second-order valence-corrected chi connectivity index (χ2v) is 17.2. The molecule has 0 N–H and O–H groups in total. The van der Waals surface area contributed by atoms with Crippen molar-refractivity contribution in [1.29, 1.82) is 0 Å². The molecule has 3 aliphatic carbocycles. The lowest BCUT2D eigenvalue weighted by Crippen LogP contribution is -2.39. The molecule has 2 spiro atoms. The number of hydrogen-bond acceptors (Lipinski definition) is 5. The van der Waals surface area contributed by atoms with E-state index in [0.29, 0.717) is 11.2 Å². The molecule has 3 fully saturated rings. The number of fused-ring (bicyclic) bond motifs is 10. The molecule has 1 saturated heterocycles. The van der Waals surface area contributed by atoms with Crippen LogP contribution in [-0.4, -0.2) is 32.3 Å². The minimum Gasteiger partial charge on any atom is -0.490 e. The van der Waals surface area contributed by atoms with Crippen molar-refractivity contribution >= 4 is 28.5 Å². The molecular formula is C52H53NO4. The van der Waals surface area contributed by atoms with Crippen LogP contribution in [0.4, 0.5) is 5.69 Å². The number of piperidine rings is 1. The summed E-state index contributed by atoms with van der Waals surface area (Å²) in [6, 6.07) is 35.6. The van der Waals surface area contributed by atoms with E-state index < -0.39 is 11.6 Å². The number of carbonyl (C=O) groups is 1. The molecule has 5 aliphatic rings. The molecule has 290 valence electrons. The quantitative estimate of drug-likeness (QED) is 0.0897. The van der Waals surface area contributed by atoms with Gasteiger partial charge in [0.2, 0.25) is 0 Å². The Morgan fingerprint density at radius 3 is 2.12 bits per heavy atom. The van der Waals surface area contributed by atoms with Crippen LogP contribution in [0.5, 0.6) is 11.5 Å².